The van der Waals surface area contributed by atoms with Crippen LogP contribution in [0.4, 0.5) is 5.82 Å². The summed E-state index contributed by atoms with van der Waals surface area (Å²) in [5.74, 6) is 1.14. The highest BCUT2D eigenvalue weighted by atomic mass is 32.2. The Morgan fingerprint density at radius 1 is 1.28 bits per heavy atom. The molecule has 0 aliphatic carbocycles. The van der Waals surface area contributed by atoms with Crippen LogP contribution in [0.25, 0.3) is 0 Å². The van der Waals surface area contributed by atoms with E-state index < -0.39 is 0 Å². The highest BCUT2D eigenvalue weighted by Gasteiger charge is 2.32. The number of fused-ring (bicyclic) bond motifs is 1. The monoisotopic (exact) mass is 375 g/mol. The van der Waals surface area contributed by atoms with E-state index in [0.29, 0.717) is 16.5 Å². The van der Waals surface area contributed by atoms with Crippen molar-refractivity contribution in [2.75, 3.05) is 17.3 Å². The van der Waals surface area contributed by atoms with Gasteiger partial charge in [0.2, 0.25) is 5.91 Å². The summed E-state index contributed by atoms with van der Waals surface area (Å²) in [6.07, 6.45) is 3.28. The Hall–Kier alpha value is -1.73. The fraction of sp³-hybridized carbons (Fsp3) is 0.389. The number of rotatable bonds is 5. The van der Waals surface area contributed by atoms with Crippen LogP contribution in [0.1, 0.15) is 36.8 Å². The molecule has 1 amide bonds. The highest BCUT2D eigenvalue weighted by Crippen LogP contribution is 2.36. The van der Waals surface area contributed by atoms with Gasteiger partial charge in [0.05, 0.1) is 5.56 Å². The zero-order valence-electron chi connectivity index (χ0n) is 14.5. The van der Waals surface area contributed by atoms with Crippen molar-refractivity contribution in [3.05, 3.63) is 45.7 Å². The van der Waals surface area contributed by atoms with Gasteiger partial charge < -0.3 is 9.88 Å². The molecule has 1 aliphatic heterocycles. The van der Waals surface area contributed by atoms with Crippen molar-refractivity contribution in [3.8, 4) is 0 Å². The SMILES string of the molecule is CCCSc1nc(=O)c2c(n1C)NC(=O)C[C@H]2c1ccc(SC)cc1. The van der Waals surface area contributed by atoms with Crippen molar-refractivity contribution in [2.45, 2.75) is 35.7 Å². The molecule has 0 bridgehead atoms. The van der Waals surface area contributed by atoms with E-state index in [9.17, 15) is 9.59 Å². The molecule has 3 rings (SSSR count). The average molecular weight is 376 g/mol. The summed E-state index contributed by atoms with van der Waals surface area (Å²) >= 11 is 3.20. The minimum atomic E-state index is -0.254. The van der Waals surface area contributed by atoms with Crippen molar-refractivity contribution < 1.29 is 4.79 Å². The van der Waals surface area contributed by atoms with Gasteiger partial charge in [-0.25, -0.2) is 0 Å². The molecule has 0 unspecified atom stereocenters. The fourth-order valence-corrected chi connectivity index (χ4v) is 4.21. The molecule has 1 aromatic heterocycles. The smallest absolute Gasteiger partial charge is 0.279 e. The molecule has 0 radical (unpaired) electrons. The maximum Gasteiger partial charge on any atom is 0.279 e. The number of amides is 1. The topological polar surface area (TPSA) is 64.0 Å². The summed E-state index contributed by atoms with van der Waals surface area (Å²) in [5, 5.41) is 3.52. The van der Waals surface area contributed by atoms with E-state index >= 15 is 0 Å². The molecular formula is C18H21N3O2S2. The Morgan fingerprint density at radius 3 is 2.64 bits per heavy atom. The number of anilines is 1. The molecule has 0 fully saturated rings. The lowest BCUT2D eigenvalue weighted by Crippen LogP contribution is -2.33. The van der Waals surface area contributed by atoms with Crippen LogP contribution in [-0.2, 0) is 11.8 Å². The molecule has 2 heterocycles. The Balaban J connectivity index is 2.09. The average Bonchev–Trinajstić information content (AvgIpc) is 2.62. The van der Waals surface area contributed by atoms with E-state index in [0.717, 1.165) is 22.6 Å². The summed E-state index contributed by atoms with van der Waals surface area (Å²) in [6.45, 7) is 2.08. The number of benzene rings is 1. The van der Waals surface area contributed by atoms with Gasteiger partial charge in [-0.15, -0.1) is 11.8 Å². The molecule has 0 saturated carbocycles. The summed E-state index contributed by atoms with van der Waals surface area (Å²) < 4.78 is 1.83. The number of nitrogens with one attached hydrogen (secondary N) is 1. The highest BCUT2D eigenvalue weighted by molar-refractivity contribution is 7.99. The van der Waals surface area contributed by atoms with Crippen molar-refractivity contribution in [3.63, 3.8) is 0 Å². The van der Waals surface area contributed by atoms with E-state index in [1.807, 2.05) is 42.1 Å². The number of hydrogen-bond acceptors (Lipinski definition) is 5. The number of aromatic nitrogens is 2. The molecule has 1 aromatic carbocycles. The number of carbonyl (C=O) groups is 1. The third-order valence-electron chi connectivity index (χ3n) is 4.25. The molecule has 1 atom stereocenters. The van der Waals surface area contributed by atoms with Gasteiger partial charge in [-0.2, -0.15) is 4.98 Å². The number of hydrogen-bond donors (Lipinski definition) is 1. The molecule has 7 heteroatoms. The van der Waals surface area contributed by atoms with Gasteiger partial charge in [0, 0.05) is 30.0 Å². The zero-order chi connectivity index (χ0) is 18.0. The second-order valence-corrected chi connectivity index (χ2v) is 7.89. The van der Waals surface area contributed by atoms with Crippen LogP contribution < -0.4 is 10.9 Å². The quantitative estimate of drug-likeness (QED) is 0.640. The first kappa shape index (κ1) is 18.1. The minimum absolute atomic E-state index is 0.0703. The molecule has 5 nitrogen and oxygen atoms in total. The van der Waals surface area contributed by atoms with Crippen LogP contribution in [0, 0.1) is 0 Å². The predicted octanol–water partition coefficient (Wildman–Crippen LogP) is 3.48. The van der Waals surface area contributed by atoms with Crippen LogP contribution in [0.5, 0.6) is 0 Å². The molecule has 1 N–H and O–H groups in total. The third kappa shape index (κ3) is 3.62. The Bertz CT molecular complexity index is 847. The Kier molecular flexibility index (Phi) is 5.54. The first-order valence-electron chi connectivity index (χ1n) is 8.22. The number of carbonyl (C=O) groups excluding carboxylic acids is 1. The van der Waals surface area contributed by atoms with E-state index in [2.05, 4.69) is 17.2 Å². The maximum atomic E-state index is 12.7. The third-order valence-corrected chi connectivity index (χ3v) is 6.23. The van der Waals surface area contributed by atoms with Gasteiger partial charge in [0.1, 0.15) is 5.82 Å². The van der Waals surface area contributed by atoms with E-state index in [1.54, 1.807) is 11.8 Å². The van der Waals surface area contributed by atoms with Crippen LogP contribution in [0.2, 0.25) is 0 Å². The first-order chi connectivity index (χ1) is 12.0. The molecular weight excluding hydrogens is 354 g/mol. The number of nitrogens with zero attached hydrogens (tertiary/aromatic N) is 2. The van der Waals surface area contributed by atoms with Crippen molar-refractivity contribution >= 4 is 35.2 Å². The van der Waals surface area contributed by atoms with Crippen LogP contribution in [0.3, 0.4) is 0 Å². The Morgan fingerprint density at radius 2 is 2.00 bits per heavy atom. The molecule has 25 heavy (non-hydrogen) atoms. The Labute approximate surface area is 155 Å². The second-order valence-electron chi connectivity index (χ2n) is 5.95. The second kappa shape index (κ2) is 7.66. The summed E-state index contributed by atoms with van der Waals surface area (Å²) in [6, 6.07) is 8.04. The van der Waals surface area contributed by atoms with Gasteiger partial charge in [0.15, 0.2) is 5.16 Å². The predicted molar refractivity (Wildman–Crippen MR) is 104 cm³/mol. The summed E-state index contributed by atoms with van der Waals surface area (Å²) in [4.78, 5) is 30.4. The van der Waals surface area contributed by atoms with E-state index in [-0.39, 0.29) is 23.8 Å². The standard InChI is InChI=1S/C18H21N3O2S2/c1-4-9-25-18-20-17(23)15-13(10-14(22)19-16(15)21(18)2)11-5-7-12(24-3)8-6-11/h5-8,13H,4,9-10H2,1-3H3,(H,19,22)/t13-/m0/s1. The zero-order valence-corrected chi connectivity index (χ0v) is 16.2. The maximum absolute atomic E-state index is 12.7. The van der Waals surface area contributed by atoms with Crippen LogP contribution in [0.15, 0.2) is 39.1 Å². The number of thioether (sulfide) groups is 2. The molecule has 132 valence electrons. The summed E-state index contributed by atoms with van der Waals surface area (Å²) in [7, 11) is 1.85. The lowest BCUT2D eigenvalue weighted by Gasteiger charge is -2.27. The van der Waals surface area contributed by atoms with E-state index in [1.165, 1.54) is 11.8 Å². The van der Waals surface area contributed by atoms with Gasteiger partial charge in [-0.1, -0.05) is 30.8 Å². The van der Waals surface area contributed by atoms with Crippen molar-refractivity contribution in [1.82, 2.24) is 9.55 Å². The van der Waals surface area contributed by atoms with Crippen molar-refractivity contribution in [2.24, 2.45) is 7.05 Å². The first-order valence-corrected chi connectivity index (χ1v) is 10.4. The largest absolute Gasteiger partial charge is 0.312 e. The van der Waals surface area contributed by atoms with Crippen molar-refractivity contribution in [1.29, 1.82) is 0 Å². The molecule has 0 saturated heterocycles. The molecule has 2 aromatic rings. The summed E-state index contributed by atoms with van der Waals surface area (Å²) in [5.41, 5.74) is 1.31. The van der Waals surface area contributed by atoms with E-state index in [4.69, 9.17) is 0 Å². The lowest BCUT2D eigenvalue weighted by atomic mass is 9.87. The fourth-order valence-electron chi connectivity index (χ4n) is 2.98. The van der Waals surface area contributed by atoms with Gasteiger partial charge in [-0.3, -0.25) is 9.59 Å². The minimum Gasteiger partial charge on any atom is -0.312 e. The lowest BCUT2D eigenvalue weighted by molar-refractivity contribution is -0.116. The van der Waals surface area contributed by atoms with Gasteiger partial charge in [-0.05, 0) is 30.4 Å². The molecule has 1 aliphatic rings. The van der Waals surface area contributed by atoms with Gasteiger partial charge in [0.25, 0.3) is 5.56 Å². The molecule has 0 spiro atoms. The van der Waals surface area contributed by atoms with Crippen LogP contribution >= 0.6 is 23.5 Å². The van der Waals surface area contributed by atoms with Crippen LogP contribution in [-0.4, -0.2) is 27.5 Å². The van der Waals surface area contributed by atoms with Gasteiger partial charge >= 0.3 is 0 Å². The normalized spacial score (nSPS) is 16.4.